The Bertz CT molecular complexity index is 1010. The Hall–Kier alpha value is -3.42. The molecule has 0 N–H and O–H groups in total. The van der Waals surface area contributed by atoms with Crippen molar-refractivity contribution in [1.82, 2.24) is 4.90 Å². The second kappa shape index (κ2) is 12.2. The summed E-state index contributed by atoms with van der Waals surface area (Å²) in [6.07, 6.45) is 2.65. The number of Topliss-reactive ketones (excluding diaryl/α,β-unsaturated/α-hetero) is 1. The van der Waals surface area contributed by atoms with E-state index in [0.29, 0.717) is 36.4 Å². The SMILES string of the molecule is COc1ccc(CCOC(=O)C2CCCCN2C(=O)CCC(=O)c2ccc(F)cc2)cc1OC. The summed E-state index contributed by atoms with van der Waals surface area (Å²) in [5.74, 6) is -0.119. The maximum atomic E-state index is 13.0. The summed E-state index contributed by atoms with van der Waals surface area (Å²) >= 11 is 0. The normalized spacial score (nSPS) is 15.5. The number of methoxy groups -OCH3 is 2. The largest absolute Gasteiger partial charge is 0.493 e. The third-order valence-corrected chi connectivity index (χ3v) is 5.91. The van der Waals surface area contributed by atoms with Crippen LogP contribution < -0.4 is 9.47 Å². The van der Waals surface area contributed by atoms with Gasteiger partial charge in [-0.25, -0.2) is 9.18 Å². The second-order valence-electron chi connectivity index (χ2n) is 8.14. The van der Waals surface area contributed by atoms with Crippen LogP contribution in [0.25, 0.3) is 0 Å². The molecule has 8 heteroatoms. The summed E-state index contributed by atoms with van der Waals surface area (Å²) in [5, 5.41) is 0. The smallest absolute Gasteiger partial charge is 0.328 e. The third kappa shape index (κ3) is 6.56. The summed E-state index contributed by atoms with van der Waals surface area (Å²) in [5.41, 5.74) is 1.29. The molecule has 7 nitrogen and oxygen atoms in total. The van der Waals surface area contributed by atoms with Crippen molar-refractivity contribution in [2.75, 3.05) is 27.4 Å². The van der Waals surface area contributed by atoms with E-state index in [1.54, 1.807) is 20.3 Å². The van der Waals surface area contributed by atoms with Crippen LogP contribution in [0, 0.1) is 5.82 Å². The number of amides is 1. The molecule has 182 valence electrons. The highest BCUT2D eigenvalue weighted by Gasteiger charge is 2.33. The maximum Gasteiger partial charge on any atom is 0.328 e. The van der Waals surface area contributed by atoms with Gasteiger partial charge in [0.1, 0.15) is 11.9 Å². The molecule has 1 amide bonds. The van der Waals surface area contributed by atoms with Crippen molar-refractivity contribution in [3.63, 3.8) is 0 Å². The average molecular weight is 472 g/mol. The van der Waals surface area contributed by atoms with Crippen LogP contribution in [0.5, 0.6) is 11.5 Å². The minimum atomic E-state index is -0.646. The summed E-state index contributed by atoms with van der Waals surface area (Å²) in [4.78, 5) is 39.4. The van der Waals surface area contributed by atoms with Crippen molar-refractivity contribution in [3.8, 4) is 11.5 Å². The molecule has 1 aliphatic rings. The fraction of sp³-hybridized carbons (Fsp3) is 0.423. The molecule has 1 saturated heterocycles. The van der Waals surface area contributed by atoms with E-state index in [1.807, 2.05) is 12.1 Å². The van der Waals surface area contributed by atoms with E-state index >= 15 is 0 Å². The summed E-state index contributed by atoms with van der Waals surface area (Å²) < 4.78 is 29.1. The molecule has 2 aromatic carbocycles. The molecule has 0 bridgehead atoms. The molecule has 1 atom stereocenters. The first-order valence-corrected chi connectivity index (χ1v) is 11.4. The zero-order valence-corrected chi connectivity index (χ0v) is 19.6. The van der Waals surface area contributed by atoms with Crippen molar-refractivity contribution in [2.45, 2.75) is 44.6 Å². The number of ketones is 1. The van der Waals surface area contributed by atoms with Gasteiger partial charge in [-0.15, -0.1) is 0 Å². The topological polar surface area (TPSA) is 82.1 Å². The van der Waals surface area contributed by atoms with Gasteiger partial charge in [-0.2, -0.15) is 0 Å². The highest BCUT2D eigenvalue weighted by atomic mass is 19.1. The van der Waals surface area contributed by atoms with Crippen molar-refractivity contribution < 1.29 is 33.0 Å². The lowest BCUT2D eigenvalue weighted by atomic mass is 10.0. The number of nitrogens with zero attached hydrogens (tertiary/aromatic N) is 1. The van der Waals surface area contributed by atoms with Gasteiger partial charge in [0.15, 0.2) is 17.3 Å². The van der Waals surface area contributed by atoms with Gasteiger partial charge >= 0.3 is 5.97 Å². The molecule has 1 fully saturated rings. The molecule has 0 radical (unpaired) electrons. The number of ether oxygens (including phenoxy) is 3. The van der Waals surface area contributed by atoms with Gasteiger partial charge in [0, 0.05) is 31.4 Å². The molecule has 1 heterocycles. The van der Waals surface area contributed by atoms with Crippen LogP contribution in [0.15, 0.2) is 42.5 Å². The number of halogens is 1. The number of carbonyl (C=O) groups excluding carboxylic acids is 3. The first kappa shape index (κ1) is 25.2. The number of hydrogen-bond acceptors (Lipinski definition) is 6. The lowest BCUT2D eigenvalue weighted by Gasteiger charge is -2.34. The standard InChI is InChI=1S/C26H30FNO6/c1-32-23-12-6-18(17-24(23)33-2)14-16-34-26(31)21-5-3-4-15-28(21)25(30)13-11-22(29)19-7-9-20(27)10-8-19/h6-10,12,17,21H,3-5,11,13-16H2,1-2H3. The van der Waals surface area contributed by atoms with Gasteiger partial charge in [0.2, 0.25) is 5.91 Å². The predicted octanol–water partition coefficient (Wildman–Crippen LogP) is 3.97. The molecule has 3 rings (SSSR count). The Morgan fingerprint density at radius 2 is 1.71 bits per heavy atom. The van der Waals surface area contributed by atoms with Gasteiger partial charge in [0.25, 0.3) is 0 Å². The number of esters is 1. The zero-order chi connectivity index (χ0) is 24.5. The van der Waals surface area contributed by atoms with Gasteiger partial charge in [-0.1, -0.05) is 6.07 Å². The van der Waals surface area contributed by atoms with Gasteiger partial charge in [-0.05, 0) is 61.2 Å². The Labute approximate surface area is 198 Å². The molecule has 0 saturated carbocycles. The van der Waals surface area contributed by atoms with Crippen molar-refractivity contribution in [2.24, 2.45) is 0 Å². The van der Waals surface area contributed by atoms with E-state index < -0.39 is 17.8 Å². The van der Waals surface area contributed by atoms with Crippen LogP contribution in [0.4, 0.5) is 4.39 Å². The van der Waals surface area contributed by atoms with Crippen LogP contribution in [0.3, 0.4) is 0 Å². The number of benzene rings is 2. The average Bonchev–Trinajstić information content (AvgIpc) is 2.87. The summed E-state index contributed by atoms with van der Waals surface area (Å²) in [6.45, 7) is 0.634. The van der Waals surface area contributed by atoms with Crippen LogP contribution in [0.1, 0.15) is 48.0 Å². The van der Waals surface area contributed by atoms with Crippen molar-refractivity contribution in [1.29, 1.82) is 0 Å². The van der Waals surface area contributed by atoms with E-state index in [0.717, 1.165) is 18.4 Å². The fourth-order valence-electron chi connectivity index (χ4n) is 4.02. The Morgan fingerprint density at radius 1 is 0.971 bits per heavy atom. The molecule has 0 aromatic heterocycles. The first-order valence-electron chi connectivity index (χ1n) is 11.4. The van der Waals surface area contributed by atoms with E-state index in [2.05, 4.69) is 0 Å². The monoisotopic (exact) mass is 471 g/mol. The van der Waals surface area contributed by atoms with E-state index in [4.69, 9.17) is 14.2 Å². The second-order valence-corrected chi connectivity index (χ2v) is 8.14. The van der Waals surface area contributed by atoms with E-state index in [-0.39, 0.29) is 31.1 Å². The van der Waals surface area contributed by atoms with Crippen LogP contribution in [-0.2, 0) is 20.7 Å². The van der Waals surface area contributed by atoms with Crippen LogP contribution in [-0.4, -0.2) is 56.0 Å². The number of rotatable bonds is 10. The minimum Gasteiger partial charge on any atom is -0.493 e. The Balaban J connectivity index is 1.52. The van der Waals surface area contributed by atoms with E-state index in [9.17, 15) is 18.8 Å². The number of piperidine rings is 1. The quantitative estimate of drug-likeness (QED) is 0.385. The molecule has 0 spiro atoms. The molecule has 0 aliphatic carbocycles. The molecular formula is C26H30FNO6. The first-order chi connectivity index (χ1) is 16.4. The lowest BCUT2D eigenvalue weighted by Crippen LogP contribution is -2.48. The zero-order valence-electron chi connectivity index (χ0n) is 19.6. The van der Waals surface area contributed by atoms with Crippen molar-refractivity contribution in [3.05, 3.63) is 59.4 Å². The number of carbonyl (C=O) groups is 3. The summed E-state index contributed by atoms with van der Waals surface area (Å²) in [6, 6.07) is 10.1. The highest BCUT2D eigenvalue weighted by Crippen LogP contribution is 2.28. The van der Waals surface area contributed by atoms with Gasteiger partial charge < -0.3 is 19.1 Å². The van der Waals surface area contributed by atoms with Gasteiger partial charge in [-0.3, -0.25) is 9.59 Å². The number of hydrogen-bond donors (Lipinski definition) is 0. The molecule has 34 heavy (non-hydrogen) atoms. The fourth-order valence-corrected chi connectivity index (χ4v) is 4.02. The highest BCUT2D eigenvalue weighted by molar-refractivity contribution is 5.98. The number of likely N-dealkylation sites (tertiary alicyclic amines) is 1. The maximum absolute atomic E-state index is 13.0. The van der Waals surface area contributed by atoms with E-state index in [1.165, 1.54) is 29.2 Å². The molecule has 1 unspecified atom stereocenters. The predicted molar refractivity (Wildman–Crippen MR) is 124 cm³/mol. The van der Waals surface area contributed by atoms with Crippen LogP contribution >= 0.6 is 0 Å². The molecular weight excluding hydrogens is 441 g/mol. The van der Waals surface area contributed by atoms with Crippen molar-refractivity contribution >= 4 is 17.7 Å². The Kier molecular flexibility index (Phi) is 9.01. The Morgan fingerprint density at radius 3 is 2.41 bits per heavy atom. The molecule has 2 aromatic rings. The summed E-state index contributed by atoms with van der Waals surface area (Å²) in [7, 11) is 3.12. The van der Waals surface area contributed by atoms with Gasteiger partial charge in [0.05, 0.1) is 20.8 Å². The lowest BCUT2D eigenvalue weighted by molar-refractivity contribution is -0.157. The third-order valence-electron chi connectivity index (χ3n) is 5.91. The minimum absolute atomic E-state index is 0.00202. The van der Waals surface area contributed by atoms with Crippen LogP contribution in [0.2, 0.25) is 0 Å². The molecule has 1 aliphatic heterocycles.